The van der Waals surface area contributed by atoms with Gasteiger partial charge in [-0.05, 0) is 55.2 Å². The Hall–Kier alpha value is -2.38. The molecule has 1 fully saturated rings. The highest BCUT2D eigenvalue weighted by Crippen LogP contribution is 2.25. The van der Waals surface area contributed by atoms with E-state index >= 15 is 0 Å². The van der Waals surface area contributed by atoms with Crippen LogP contribution < -0.4 is 10.1 Å². The lowest BCUT2D eigenvalue weighted by Gasteiger charge is -2.30. The molecule has 0 aromatic heterocycles. The van der Waals surface area contributed by atoms with Crippen LogP contribution in [0.25, 0.3) is 0 Å². The van der Waals surface area contributed by atoms with Crippen LogP contribution in [0.5, 0.6) is 5.75 Å². The van der Waals surface area contributed by atoms with E-state index in [-0.39, 0.29) is 10.8 Å². The molecule has 1 unspecified atom stereocenters. The molecule has 3 rings (SSSR count). The Labute approximate surface area is 160 Å². The topological polar surface area (TPSA) is 75.7 Å². The number of hydrogen-bond donors (Lipinski definition) is 1. The molecule has 144 valence electrons. The van der Waals surface area contributed by atoms with Crippen molar-refractivity contribution in [1.82, 2.24) is 4.31 Å². The Kier molecular flexibility index (Phi) is 5.82. The van der Waals surface area contributed by atoms with Crippen molar-refractivity contribution in [3.63, 3.8) is 0 Å². The number of benzene rings is 2. The zero-order valence-corrected chi connectivity index (χ0v) is 16.3. The summed E-state index contributed by atoms with van der Waals surface area (Å²) in [7, 11) is -2.00. The Morgan fingerprint density at radius 2 is 1.85 bits per heavy atom. The molecule has 0 spiro atoms. The minimum absolute atomic E-state index is 0.242. The number of ether oxygens (including phenoxy) is 1. The molecule has 2 aromatic rings. The Morgan fingerprint density at radius 1 is 1.15 bits per heavy atom. The number of carbonyl (C=O) groups excluding carboxylic acids is 1. The van der Waals surface area contributed by atoms with E-state index in [1.807, 2.05) is 0 Å². The average molecular weight is 388 g/mol. The van der Waals surface area contributed by atoms with Crippen molar-refractivity contribution in [3.05, 3.63) is 54.1 Å². The molecule has 1 heterocycles. The third-order valence-electron chi connectivity index (χ3n) is 4.72. The first-order valence-corrected chi connectivity index (χ1v) is 10.4. The van der Waals surface area contributed by atoms with E-state index in [4.69, 9.17) is 4.74 Å². The van der Waals surface area contributed by atoms with Gasteiger partial charge in [-0.15, -0.1) is 0 Å². The van der Waals surface area contributed by atoms with Crippen LogP contribution in [0, 0.1) is 5.92 Å². The van der Waals surface area contributed by atoms with Crippen molar-refractivity contribution in [3.8, 4) is 5.75 Å². The van der Waals surface area contributed by atoms with Crippen molar-refractivity contribution in [2.45, 2.75) is 24.7 Å². The second-order valence-electron chi connectivity index (χ2n) is 6.79. The van der Waals surface area contributed by atoms with Crippen LogP contribution in [0.3, 0.4) is 0 Å². The number of hydrogen-bond acceptors (Lipinski definition) is 4. The summed E-state index contributed by atoms with van der Waals surface area (Å²) in [5.41, 5.74) is 0.941. The van der Waals surface area contributed by atoms with Gasteiger partial charge in [-0.25, -0.2) is 8.42 Å². The molecule has 1 amide bonds. The lowest BCUT2D eigenvalue weighted by atomic mass is 10.0. The fourth-order valence-electron chi connectivity index (χ4n) is 3.25. The van der Waals surface area contributed by atoms with E-state index in [1.54, 1.807) is 40.7 Å². The molecule has 0 bridgehead atoms. The number of amides is 1. The third-order valence-corrected chi connectivity index (χ3v) is 6.60. The second kappa shape index (κ2) is 8.10. The summed E-state index contributed by atoms with van der Waals surface area (Å²) in [6, 6.07) is 13.2. The highest BCUT2D eigenvalue weighted by atomic mass is 32.2. The van der Waals surface area contributed by atoms with Crippen LogP contribution in [0.4, 0.5) is 5.69 Å². The third kappa shape index (κ3) is 4.31. The molecular formula is C20H24N2O4S. The van der Waals surface area contributed by atoms with Gasteiger partial charge in [0.15, 0.2) is 0 Å². The number of anilines is 1. The lowest BCUT2D eigenvalue weighted by molar-refractivity contribution is 0.102. The smallest absolute Gasteiger partial charge is 0.259 e. The van der Waals surface area contributed by atoms with E-state index in [9.17, 15) is 13.2 Å². The fraction of sp³-hybridized carbons (Fsp3) is 0.350. The van der Waals surface area contributed by atoms with Crippen LogP contribution in [0.2, 0.25) is 0 Å². The predicted octanol–water partition coefficient (Wildman–Crippen LogP) is 3.37. The van der Waals surface area contributed by atoms with Crippen molar-refractivity contribution < 1.29 is 17.9 Å². The number of methoxy groups -OCH3 is 1. The predicted molar refractivity (Wildman–Crippen MR) is 105 cm³/mol. The van der Waals surface area contributed by atoms with Gasteiger partial charge in [-0.2, -0.15) is 4.31 Å². The summed E-state index contributed by atoms with van der Waals surface area (Å²) in [5, 5.41) is 2.77. The average Bonchev–Trinajstić information content (AvgIpc) is 2.68. The van der Waals surface area contributed by atoms with E-state index in [2.05, 4.69) is 12.2 Å². The molecule has 7 heteroatoms. The van der Waals surface area contributed by atoms with Gasteiger partial charge in [0.25, 0.3) is 5.91 Å². The zero-order valence-electron chi connectivity index (χ0n) is 15.5. The number of piperidine rings is 1. The van der Waals surface area contributed by atoms with Gasteiger partial charge in [0.2, 0.25) is 10.0 Å². The van der Waals surface area contributed by atoms with Gasteiger partial charge in [0, 0.05) is 18.8 Å². The maximum absolute atomic E-state index is 12.8. The highest BCUT2D eigenvalue weighted by molar-refractivity contribution is 7.89. The minimum atomic E-state index is -3.50. The van der Waals surface area contributed by atoms with Crippen LogP contribution in [-0.4, -0.2) is 38.8 Å². The van der Waals surface area contributed by atoms with E-state index in [1.165, 1.54) is 19.2 Å². The number of nitrogens with zero attached hydrogens (tertiary/aromatic N) is 1. The quantitative estimate of drug-likeness (QED) is 0.852. The molecule has 2 aromatic carbocycles. The largest absolute Gasteiger partial charge is 0.496 e. The summed E-state index contributed by atoms with van der Waals surface area (Å²) in [6.45, 7) is 3.17. The molecule has 27 heavy (non-hydrogen) atoms. The molecule has 1 aliphatic rings. The van der Waals surface area contributed by atoms with Gasteiger partial charge in [0.1, 0.15) is 5.75 Å². The Morgan fingerprint density at radius 3 is 2.52 bits per heavy atom. The van der Waals surface area contributed by atoms with Gasteiger partial charge >= 0.3 is 0 Å². The van der Waals surface area contributed by atoms with Gasteiger partial charge < -0.3 is 10.1 Å². The SMILES string of the molecule is COc1ccccc1C(=O)Nc1ccc(S(=O)(=O)N2CCCC(C)C2)cc1. The van der Waals surface area contributed by atoms with Crippen LogP contribution in [0.15, 0.2) is 53.4 Å². The first-order valence-electron chi connectivity index (χ1n) is 8.96. The molecule has 6 nitrogen and oxygen atoms in total. The summed E-state index contributed by atoms with van der Waals surface area (Å²) in [6.07, 6.45) is 1.94. The summed E-state index contributed by atoms with van der Waals surface area (Å²) in [5.74, 6) is 0.536. The van der Waals surface area contributed by atoms with Crippen LogP contribution in [0.1, 0.15) is 30.1 Å². The maximum atomic E-state index is 12.8. The highest BCUT2D eigenvalue weighted by Gasteiger charge is 2.28. The molecule has 0 saturated carbocycles. The molecule has 1 saturated heterocycles. The van der Waals surface area contributed by atoms with E-state index in [0.717, 1.165) is 12.8 Å². The molecule has 1 aliphatic heterocycles. The van der Waals surface area contributed by atoms with Crippen molar-refractivity contribution in [1.29, 1.82) is 0 Å². The number of rotatable bonds is 5. The number of nitrogens with one attached hydrogen (secondary N) is 1. The summed E-state index contributed by atoms with van der Waals surface area (Å²) >= 11 is 0. The molecule has 0 aliphatic carbocycles. The molecule has 1 atom stereocenters. The molecule has 1 N–H and O–H groups in total. The minimum Gasteiger partial charge on any atom is -0.496 e. The summed E-state index contributed by atoms with van der Waals surface area (Å²) in [4.78, 5) is 12.7. The number of para-hydroxylation sites is 1. The van der Waals surface area contributed by atoms with Crippen molar-refractivity contribution in [2.75, 3.05) is 25.5 Å². The monoisotopic (exact) mass is 388 g/mol. The first-order chi connectivity index (χ1) is 12.9. The van der Waals surface area contributed by atoms with E-state index in [0.29, 0.717) is 36.0 Å². The number of carbonyl (C=O) groups is 1. The van der Waals surface area contributed by atoms with Gasteiger partial charge in [-0.3, -0.25) is 4.79 Å². The van der Waals surface area contributed by atoms with Crippen molar-refractivity contribution in [2.24, 2.45) is 5.92 Å². The first kappa shape index (κ1) is 19.4. The Balaban J connectivity index is 1.74. The van der Waals surface area contributed by atoms with Crippen molar-refractivity contribution >= 4 is 21.6 Å². The van der Waals surface area contributed by atoms with Crippen LogP contribution >= 0.6 is 0 Å². The number of sulfonamides is 1. The lowest BCUT2D eigenvalue weighted by Crippen LogP contribution is -2.39. The zero-order chi connectivity index (χ0) is 19.4. The second-order valence-corrected chi connectivity index (χ2v) is 8.73. The molecule has 0 radical (unpaired) electrons. The van der Waals surface area contributed by atoms with E-state index < -0.39 is 10.0 Å². The standard InChI is InChI=1S/C20H24N2O4S/c1-15-6-5-13-22(14-15)27(24,25)17-11-9-16(10-12-17)21-20(23)18-7-3-4-8-19(18)26-2/h3-4,7-12,15H,5-6,13-14H2,1-2H3,(H,21,23). The fourth-order valence-corrected chi connectivity index (χ4v) is 4.85. The summed E-state index contributed by atoms with van der Waals surface area (Å²) < 4.78 is 32.3. The van der Waals surface area contributed by atoms with Gasteiger partial charge in [-0.1, -0.05) is 19.1 Å². The maximum Gasteiger partial charge on any atom is 0.259 e. The van der Waals surface area contributed by atoms with Crippen LogP contribution in [-0.2, 0) is 10.0 Å². The Bertz CT molecular complexity index is 910. The van der Waals surface area contributed by atoms with Gasteiger partial charge in [0.05, 0.1) is 17.6 Å². The normalized spacial score (nSPS) is 18.1. The molecular weight excluding hydrogens is 364 g/mol.